The number of alkyl halides is 3. The maximum atomic E-state index is 12.1. The maximum absolute atomic E-state index is 12.1. The minimum atomic E-state index is -4.41. The van der Waals surface area contributed by atoms with E-state index >= 15 is 0 Å². The molecule has 1 N–H and O–H groups in total. The third kappa shape index (κ3) is 7.21. The van der Waals surface area contributed by atoms with Crippen molar-refractivity contribution in [1.29, 1.82) is 0 Å². The molecule has 0 unspecified atom stereocenters. The molecule has 0 fully saturated rings. The number of hydrogen-bond acceptors (Lipinski definition) is 6. The molecule has 0 saturated heterocycles. The zero-order chi connectivity index (χ0) is 22.1. The molecule has 7 nitrogen and oxygen atoms in total. The monoisotopic (exact) mass is 425 g/mol. The van der Waals surface area contributed by atoms with Crippen molar-refractivity contribution >= 4 is 23.5 Å². The number of halogens is 3. The van der Waals surface area contributed by atoms with Gasteiger partial charge in [-0.1, -0.05) is 24.3 Å². The first-order valence-corrected chi connectivity index (χ1v) is 8.57. The molecular formula is C20H18F3NO6. The van der Waals surface area contributed by atoms with Gasteiger partial charge < -0.3 is 19.5 Å². The minimum absolute atomic E-state index is 0.109. The summed E-state index contributed by atoms with van der Waals surface area (Å²) >= 11 is 0. The molecule has 2 aromatic carbocycles. The summed E-state index contributed by atoms with van der Waals surface area (Å²) in [5.74, 6) is -2.10. The van der Waals surface area contributed by atoms with Gasteiger partial charge in [0.05, 0.1) is 30.5 Å². The summed E-state index contributed by atoms with van der Waals surface area (Å²) in [5, 5.41) is 2.45. The molecule has 0 spiro atoms. The van der Waals surface area contributed by atoms with Crippen LogP contribution in [0.15, 0.2) is 48.5 Å². The topological polar surface area (TPSA) is 90.9 Å². The van der Waals surface area contributed by atoms with Crippen LogP contribution in [-0.2, 0) is 25.6 Å². The van der Waals surface area contributed by atoms with Crippen LogP contribution >= 0.6 is 0 Å². The van der Waals surface area contributed by atoms with Crippen molar-refractivity contribution in [3.63, 3.8) is 0 Å². The molecular weight excluding hydrogens is 407 g/mol. The summed E-state index contributed by atoms with van der Waals surface area (Å²) in [6.07, 6.45) is -4.41. The van der Waals surface area contributed by atoms with Gasteiger partial charge in [0.2, 0.25) is 0 Å². The van der Waals surface area contributed by atoms with Crippen LogP contribution in [0.5, 0.6) is 0 Å². The Hall–Kier alpha value is -3.40. The molecule has 2 rings (SSSR count). The van der Waals surface area contributed by atoms with E-state index in [9.17, 15) is 27.6 Å². The molecule has 10 heteroatoms. The average Bonchev–Trinajstić information content (AvgIpc) is 2.71. The SMILES string of the molecule is COC(=O)c1ccccc1NC(=O)COC(=O)c1ccc(COCC(F)(F)F)cc1. The Morgan fingerprint density at radius 2 is 1.63 bits per heavy atom. The third-order valence-electron chi connectivity index (χ3n) is 3.66. The summed E-state index contributed by atoms with van der Waals surface area (Å²) in [4.78, 5) is 35.7. The van der Waals surface area contributed by atoms with E-state index in [1.807, 2.05) is 0 Å². The van der Waals surface area contributed by atoms with Crippen molar-refractivity contribution in [3.05, 3.63) is 65.2 Å². The number of ether oxygens (including phenoxy) is 3. The summed E-state index contributed by atoms with van der Waals surface area (Å²) in [7, 11) is 1.20. The van der Waals surface area contributed by atoms with Crippen LogP contribution in [0.2, 0.25) is 0 Å². The smallest absolute Gasteiger partial charge is 0.411 e. The summed E-state index contributed by atoms with van der Waals surface area (Å²) in [6, 6.07) is 11.7. The van der Waals surface area contributed by atoms with Gasteiger partial charge in [-0.25, -0.2) is 9.59 Å². The molecule has 0 radical (unpaired) electrons. The number of benzene rings is 2. The maximum Gasteiger partial charge on any atom is 0.411 e. The molecule has 0 heterocycles. The molecule has 0 saturated carbocycles. The number of nitrogens with one attached hydrogen (secondary N) is 1. The lowest BCUT2D eigenvalue weighted by Crippen LogP contribution is -2.22. The van der Waals surface area contributed by atoms with Crippen LogP contribution < -0.4 is 5.32 Å². The van der Waals surface area contributed by atoms with Crippen molar-refractivity contribution in [2.24, 2.45) is 0 Å². The Bertz CT molecular complexity index is 896. The minimum Gasteiger partial charge on any atom is -0.465 e. The van der Waals surface area contributed by atoms with E-state index in [1.54, 1.807) is 12.1 Å². The second kappa shape index (κ2) is 10.4. The Morgan fingerprint density at radius 1 is 0.967 bits per heavy atom. The Labute approximate surface area is 169 Å². The lowest BCUT2D eigenvalue weighted by atomic mass is 10.1. The number of para-hydroxylation sites is 1. The lowest BCUT2D eigenvalue weighted by Gasteiger charge is -2.10. The van der Waals surface area contributed by atoms with Gasteiger partial charge in [0.15, 0.2) is 6.61 Å². The van der Waals surface area contributed by atoms with Crippen LogP contribution in [0, 0.1) is 0 Å². The van der Waals surface area contributed by atoms with E-state index in [4.69, 9.17) is 4.74 Å². The highest BCUT2D eigenvalue weighted by atomic mass is 19.4. The molecule has 0 bridgehead atoms. The van der Waals surface area contributed by atoms with Gasteiger partial charge in [-0.3, -0.25) is 4.79 Å². The number of anilines is 1. The molecule has 0 aliphatic rings. The second-order valence-corrected chi connectivity index (χ2v) is 5.97. The molecule has 0 aliphatic heterocycles. The predicted molar refractivity (Wildman–Crippen MR) is 98.8 cm³/mol. The Kier molecular flexibility index (Phi) is 7.93. The van der Waals surface area contributed by atoms with Gasteiger partial charge in [0.1, 0.15) is 6.61 Å². The van der Waals surface area contributed by atoms with Crippen molar-refractivity contribution < 1.29 is 41.8 Å². The van der Waals surface area contributed by atoms with E-state index in [0.29, 0.717) is 5.56 Å². The highest BCUT2D eigenvalue weighted by Crippen LogP contribution is 2.17. The average molecular weight is 425 g/mol. The Balaban J connectivity index is 1.85. The van der Waals surface area contributed by atoms with Gasteiger partial charge in [-0.15, -0.1) is 0 Å². The highest BCUT2D eigenvalue weighted by Gasteiger charge is 2.27. The number of esters is 2. The molecule has 30 heavy (non-hydrogen) atoms. The Morgan fingerprint density at radius 3 is 2.27 bits per heavy atom. The van der Waals surface area contributed by atoms with E-state index < -0.39 is 37.2 Å². The molecule has 1 amide bonds. The quantitative estimate of drug-likeness (QED) is 0.653. The van der Waals surface area contributed by atoms with E-state index in [0.717, 1.165) is 0 Å². The van der Waals surface area contributed by atoms with Gasteiger partial charge in [0, 0.05) is 0 Å². The number of carbonyl (C=O) groups excluding carboxylic acids is 3. The van der Waals surface area contributed by atoms with Crippen molar-refractivity contribution in [1.82, 2.24) is 0 Å². The van der Waals surface area contributed by atoms with Crippen LogP contribution in [0.25, 0.3) is 0 Å². The zero-order valence-corrected chi connectivity index (χ0v) is 15.8. The summed E-state index contributed by atoms with van der Waals surface area (Å²) < 4.78 is 50.2. The predicted octanol–water partition coefficient (Wildman–Crippen LogP) is 3.35. The first-order chi connectivity index (χ1) is 14.2. The third-order valence-corrected chi connectivity index (χ3v) is 3.66. The fourth-order valence-corrected chi connectivity index (χ4v) is 2.30. The summed E-state index contributed by atoms with van der Waals surface area (Å²) in [6.45, 7) is -2.24. The van der Waals surface area contributed by atoms with Crippen LogP contribution in [0.4, 0.5) is 18.9 Å². The summed E-state index contributed by atoms with van der Waals surface area (Å²) in [5.41, 5.74) is 0.891. The van der Waals surface area contributed by atoms with Crippen LogP contribution in [-0.4, -0.2) is 44.3 Å². The first kappa shape index (κ1) is 22.9. The molecule has 0 aliphatic carbocycles. The van der Waals surface area contributed by atoms with Gasteiger partial charge in [-0.05, 0) is 29.8 Å². The van der Waals surface area contributed by atoms with Gasteiger partial charge >= 0.3 is 18.1 Å². The van der Waals surface area contributed by atoms with E-state index in [2.05, 4.69) is 14.8 Å². The zero-order valence-electron chi connectivity index (χ0n) is 15.8. The largest absolute Gasteiger partial charge is 0.465 e. The fraction of sp³-hybridized carbons (Fsp3) is 0.250. The van der Waals surface area contributed by atoms with Crippen LogP contribution in [0.1, 0.15) is 26.3 Å². The number of hydrogen-bond donors (Lipinski definition) is 1. The molecule has 0 atom stereocenters. The van der Waals surface area contributed by atoms with Crippen LogP contribution in [0.3, 0.4) is 0 Å². The fourth-order valence-electron chi connectivity index (χ4n) is 2.30. The lowest BCUT2D eigenvalue weighted by molar-refractivity contribution is -0.176. The van der Waals surface area contributed by atoms with Crippen molar-refractivity contribution in [2.45, 2.75) is 12.8 Å². The highest BCUT2D eigenvalue weighted by molar-refractivity contribution is 6.02. The molecule has 0 aromatic heterocycles. The molecule has 160 valence electrons. The second-order valence-electron chi connectivity index (χ2n) is 5.97. The van der Waals surface area contributed by atoms with Crippen molar-refractivity contribution in [3.8, 4) is 0 Å². The number of amides is 1. The van der Waals surface area contributed by atoms with Gasteiger partial charge in [-0.2, -0.15) is 13.2 Å². The normalized spacial score (nSPS) is 10.9. The van der Waals surface area contributed by atoms with Gasteiger partial charge in [0.25, 0.3) is 5.91 Å². The van der Waals surface area contributed by atoms with Crippen molar-refractivity contribution in [2.75, 3.05) is 25.6 Å². The number of methoxy groups -OCH3 is 1. The van der Waals surface area contributed by atoms with E-state index in [1.165, 1.54) is 43.5 Å². The van der Waals surface area contributed by atoms with E-state index in [-0.39, 0.29) is 23.4 Å². The first-order valence-electron chi connectivity index (χ1n) is 8.57. The number of rotatable bonds is 8. The standard InChI is InChI=1S/C20H18F3NO6/c1-28-19(27)15-4-2-3-5-16(15)24-17(25)11-30-18(26)14-8-6-13(7-9-14)10-29-12-20(21,22)23/h2-9H,10-12H2,1H3,(H,24,25). The molecule has 2 aromatic rings. The number of carbonyl (C=O) groups is 3.